The van der Waals surface area contributed by atoms with E-state index in [1.54, 1.807) is 12.1 Å². The van der Waals surface area contributed by atoms with Gasteiger partial charge in [-0.05, 0) is 31.2 Å². The highest BCUT2D eigenvalue weighted by Gasteiger charge is 2.24. The molecular formula is C20H24ClFN3O+. The molecule has 1 aliphatic heterocycles. The minimum Gasteiger partial charge on any atom is -0.366 e. The lowest BCUT2D eigenvalue weighted by Gasteiger charge is -2.36. The monoisotopic (exact) mass is 376 g/mol. The Bertz CT molecular complexity index is 762. The van der Waals surface area contributed by atoms with Crippen molar-refractivity contribution in [1.29, 1.82) is 0 Å². The third-order valence-corrected chi connectivity index (χ3v) is 5.08. The van der Waals surface area contributed by atoms with Crippen molar-refractivity contribution in [1.82, 2.24) is 4.90 Å². The standard InChI is InChI=1S/C20H23ClFN3O/c1-15(16-5-4-6-17(21)13-16)23-14-20(26)25-11-9-24(10-12-25)19-8-3-2-7-18(19)22/h2-8,13,15,23H,9-12,14H2,1H3/p+1/t15-/m0/s1. The number of nitrogens with two attached hydrogens (primary N) is 1. The lowest BCUT2D eigenvalue weighted by molar-refractivity contribution is -0.683. The van der Waals surface area contributed by atoms with Crippen LogP contribution in [-0.4, -0.2) is 43.5 Å². The predicted octanol–water partition coefficient (Wildman–Crippen LogP) is 2.45. The summed E-state index contributed by atoms with van der Waals surface area (Å²) in [5.74, 6) is -0.0944. The van der Waals surface area contributed by atoms with E-state index in [0.717, 1.165) is 5.56 Å². The van der Waals surface area contributed by atoms with E-state index in [9.17, 15) is 9.18 Å². The van der Waals surface area contributed by atoms with Crippen LogP contribution in [0.2, 0.25) is 5.02 Å². The van der Waals surface area contributed by atoms with Gasteiger partial charge in [0, 0.05) is 36.8 Å². The van der Waals surface area contributed by atoms with Gasteiger partial charge in [-0.2, -0.15) is 0 Å². The molecule has 1 atom stereocenters. The lowest BCUT2D eigenvalue weighted by Crippen LogP contribution is -2.87. The summed E-state index contributed by atoms with van der Waals surface area (Å²) in [6.45, 7) is 4.99. The number of anilines is 1. The van der Waals surface area contributed by atoms with Crippen LogP contribution in [0.5, 0.6) is 0 Å². The molecule has 1 saturated heterocycles. The molecule has 0 spiro atoms. The molecule has 1 amide bonds. The zero-order valence-corrected chi connectivity index (χ0v) is 15.6. The van der Waals surface area contributed by atoms with Crippen molar-refractivity contribution < 1.29 is 14.5 Å². The molecule has 1 heterocycles. The number of piperazine rings is 1. The van der Waals surface area contributed by atoms with Crippen LogP contribution >= 0.6 is 11.6 Å². The number of halogens is 2. The number of carbonyl (C=O) groups excluding carboxylic acids is 1. The van der Waals surface area contributed by atoms with Crippen molar-refractivity contribution in [3.63, 3.8) is 0 Å². The minimum atomic E-state index is -0.212. The quantitative estimate of drug-likeness (QED) is 0.870. The largest absolute Gasteiger partial charge is 0.366 e. The number of hydrogen-bond donors (Lipinski definition) is 1. The average molecular weight is 377 g/mol. The number of para-hydroxylation sites is 1. The maximum atomic E-state index is 13.9. The second-order valence-corrected chi connectivity index (χ2v) is 7.04. The van der Waals surface area contributed by atoms with Crippen molar-refractivity contribution in [3.05, 3.63) is 64.9 Å². The molecule has 4 nitrogen and oxygen atoms in total. The Hall–Kier alpha value is -2.11. The summed E-state index contributed by atoms with van der Waals surface area (Å²) in [7, 11) is 0. The Balaban J connectivity index is 1.49. The van der Waals surface area contributed by atoms with Gasteiger partial charge in [-0.25, -0.2) is 4.39 Å². The fraction of sp³-hybridized carbons (Fsp3) is 0.350. The maximum absolute atomic E-state index is 13.9. The molecule has 1 fully saturated rings. The van der Waals surface area contributed by atoms with Crippen LogP contribution in [-0.2, 0) is 4.79 Å². The Morgan fingerprint density at radius 2 is 1.88 bits per heavy atom. The van der Waals surface area contributed by atoms with E-state index < -0.39 is 0 Å². The molecule has 2 aromatic rings. The highest BCUT2D eigenvalue weighted by atomic mass is 35.5. The zero-order valence-electron chi connectivity index (χ0n) is 14.9. The number of quaternary nitrogens is 1. The van der Waals surface area contributed by atoms with E-state index in [1.807, 2.05) is 45.4 Å². The van der Waals surface area contributed by atoms with Gasteiger partial charge in [0.1, 0.15) is 11.9 Å². The van der Waals surface area contributed by atoms with Gasteiger partial charge in [0.05, 0.1) is 5.69 Å². The van der Waals surface area contributed by atoms with Crippen LogP contribution in [0.15, 0.2) is 48.5 Å². The van der Waals surface area contributed by atoms with Gasteiger partial charge in [0.15, 0.2) is 6.54 Å². The van der Waals surface area contributed by atoms with Crippen molar-refractivity contribution in [2.75, 3.05) is 37.6 Å². The number of hydrogen-bond acceptors (Lipinski definition) is 2. The molecule has 6 heteroatoms. The van der Waals surface area contributed by atoms with Crippen molar-refractivity contribution in [2.45, 2.75) is 13.0 Å². The van der Waals surface area contributed by atoms with Crippen molar-refractivity contribution in [3.8, 4) is 0 Å². The average Bonchev–Trinajstić information content (AvgIpc) is 2.66. The van der Waals surface area contributed by atoms with E-state index in [2.05, 4.69) is 6.92 Å². The normalized spacial score (nSPS) is 15.8. The fourth-order valence-corrected chi connectivity index (χ4v) is 3.44. The molecule has 0 aromatic heterocycles. The Morgan fingerprint density at radius 3 is 2.58 bits per heavy atom. The first-order valence-electron chi connectivity index (χ1n) is 8.90. The topological polar surface area (TPSA) is 40.2 Å². The molecule has 0 saturated carbocycles. The first kappa shape index (κ1) is 18.7. The molecule has 2 aromatic carbocycles. The first-order valence-corrected chi connectivity index (χ1v) is 9.28. The van der Waals surface area contributed by atoms with Gasteiger partial charge in [-0.3, -0.25) is 4.79 Å². The number of benzene rings is 2. The van der Waals surface area contributed by atoms with Crippen LogP contribution in [0.3, 0.4) is 0 Å². The van der Waals surface area contributed by atoms with Crippen LogP contribution in [0.25, 0.3) is 0 Å². The third-order valence-electron chi connectivity index (χ3n) is 4.85. The van der Waals surface area contributed by atoms with Crippen LogP contribution in [0, 0.1) is 5.82 Å². The molecule has 26 heavy (non-hydrogen) atoms. The van der Waals surface area contributed by atoms with Gasteiger partial charge >= 0.3 is 0 Å². The first-order chi connectivity index (χ1) is 12.5. The lowest BCUT2D eigenvalue weighted by atomic mass is 10.1. The summed E-state index contributed by atoms with van der Waals surface area (Å²) in [6.07, 6.45) is 0. The molecule has 2 N–H and O–H groups in total. The summed E-state index contributed by atoms with van der Waals surface area (Å²) >= 11 is 6.03. The Kier molecular flexibility index (Phi) is 6.12. The minimum absolute atomic E-state index is 0.118. The number of rotatable bonds is 5. The number of amides is 1. The summed E-state index contributed by atoms with van der Waals surface area (Å²) in [5.41, 5.74) is 1.72. The molecule has 1 aliphatic rings. The van der Waals surface area contributed by atoms with E-state index in [0.29, 0.717) is 43.4 Å². The molecule has 0 bridgehead atoms. The number of carbonyl (C=O) groups is 1. The number of nitrogens with zero attached hydrogens (tertiary/aromatic N) is 2. The van der Waals surface area contributed by atoms with E-state index in [1.165, 1.54) is 6.07 Å². The van der Waals surface area contributed by atoms with Crippen molar-refractivity contribution in [2.24, 2.45) is 0 Å². The Morgan fingerprint density at radius 1 is 1.15 bits per heavy atom. The summed E-state index contributed by atoms with van der Waals surface area (Å²) < 4.78 is 13.9. The van der Waals surface area contributed by atoms with E-state index in [4.69, 9.17) is 11.6 Å². The molecule has 3 rings (SSSR count). The van der Waals surface area contributed by atoms with E-state index in [-0.39, 0.29) is 17.8 Å². The van der Waals surface area contributed by atoms with Crippen LogP contribution < -0.4 is 10.2 Å². The molecule has 0 unspecified atom stereocenters. The van der Waals surface area contributed by atoms with Gasteiger partial charge in [0.2, 0.25) is 0 Å². The van der Waals surface area contributed by atoms with Crippen LogP contribution in [0.4, 0.5) is 10.1 Å². The van der Waals surface area contributed by atoms with Gasteiger partial charge in [-0.15, -0.1) is 0 Å². The highest BCUT2D eigenvalue weighted by molar-refractivity contribution is 6.30. The van der Waals surface area contributed by atoms with Gasteiger partial charge in [-0.1, -0.05) is 35.9 Å². The molecular weight excluding hydrogens is 353 g/mol. The predicted molar refractivity (Wildman–Crippen MR) is 102 cm³/mol. The fourth-order valence-electron chi connectivity index (χ4n) is 3.24. The molecule has 0 aliphatic carbocycles. The zero-order chi connectivity index (χ0) is 18.5. The summed E-state index contributed by atoms with van der Waals surface area (Å²) in [5, 5.41) is 2.73. The Labute approximate surface area is 158 Å². The SMILES string of the molecule is C[C@H]([NH2+]CC(=O)N1CCN(c2ccccc2F)CC1)c1cccc(Cl)c1. The second-order valence-electron chi connectivity index (χ2n) is 6.60. The second kappa shape index (κ2) is 8.52. The third kappa shape index (κ3) is 4.54. The van der Waals surface area contributed by atoms with Crippen LogP contribution in [0.1, 0.15) is 18.5 Å². The van der Waals surface area contributed by atoms with E-state index >= 15 is 0 Å². The summed E-state index contributed by atoms with van der Waals surface area (Å²) in [4.78, 5) is 16.3. The molecule has 138 valence electrons. The van der Waals surface area contributed by atoms with Crippen molar-refractivity contribution >= 4 is 23.2 Å². The summed E-state index contributed by atoms with van der Waals surface area (Å²) in [6, 6.07) is 14.7. The van der Waals surface area contributed by atoms with Gasteiger partial charge in [0.25, 0.3) is 5.91 Å². The van der Waals surface area contributed by atoms with Gasteiger partial charge < -0.3 is 15.1 Å². The molecule has 0 radical (unpaired) electrons. The maximum Gasteiger partial charge on any atom is 0.277 e. The smallest absolute Gasteiger partial charge is 0.277 e. The highest BCUT2D eigenvalue weighted by Crippen LogP contribution is 2.20.